The summed E-state index contributed by atoms with van der Waals surface area (Å²) >= 11 is 0. The maximum atomic E-state index is 2.55. The van der Waals surface area contributed by atoms with Crippen LogP contribution in [0, 0.1) is 0 Å². The third-order valence-corrected chi connectivity index (χ3v) is 11.2. The average Bonchev–Trinajstić information content (AvgIpc) is 3.50. The van der Waals surface area contributed by atoms with Crippen LogP contribution in [0.1, 0.15) is 88.5 Å². The predicted molar refractivity (Wildman–Crippen MR) is 201 cm³/mol. The number of anilines is 3. The number of para-hydroxylation sites is 1. The molecule has 0 bridgehead atoms. The van der Waals surface area contributed by atoms with Gasteiger partial charge in [-0.2, -0.15) is 0 Å². The molecule has 2 aliphatic rings. The zero-order valence-corrected chi connectivity index (χ0v) is 28.3. The molecule has 1 heteroatoms. The van der Waals surface area contributed by atoms with E-state index in [1.54, 1.807) is 0 Å². The summed E-state index contributed by atoms with van der Waals surface area (Å²) in [6.45, 7) is 9.43. The van der Waals surface area contributed by atoms with E-state index in [0.29, 0.717) is 0 Å². The average molecular weight is 612 g/mol. The van der Waals surface area contributed by atoms with Crippen LogP contribution < -0.4 is 4.90 Å². The Morgan fingerprint density at radius 2 is 1.04 bits per heavy atom. The van der Waals surface area contributed by atoms with Crippen LogP contribution in [-0.4, -0.2) is 0 Å². The van der Waals surface area contributed by atoms with E-state index in [0.717, 1.165) is 0 Å². The van der Waals surface area contributed by atoms with Crippen molar-refractivity contribution in [2.75, 3.05) is 4.90 Å². The van der Waals surface area contributed by atoms with Crippen molar-refractivity contribution in [1.29, 1.82) is 0 Å². The van der Waals surface area contributed by atoms with Crippen LogP contribution in [0.4, 0.5) is 17.1 Å². The van der Waals surface area contributed by atoms with Gasteiger partial charge in [0.05, 0.1) is 0 Å². The summed E-state index contributed by atoms with van der Waals surface area (Å²) in [4.78, 5) is 2.49. The minimum atomic E-state index is -0.0533. The van der Waals surface area contributed by atoms with Crippen molar-refractivity contribution in [3.63, 3.8) is 0 Å². The van der Waals surface area contributed by atoms with Crippen LogP contribution in [0.2, 0.25) is 0 Å². The maximum absolute atomic E-state index is 2.55. The molecule has 0 heterocycles. The van der Waals surface area contributed by atoms with Crippen molar-refractivity contribution in [2.24, 2.45) is 0 Å². The van der Waals surface area contributed by atoms with E-state index in [-0.39, 0.29) is 10.8 Å². The zero-order valence-electron chi connectivity index (χ0n) is 28.3. The van der Waals surface area contributed by atoms with Crippen molar-refractivity contribution in [3.8, 4) is 22.3 Å². The van der Waals surface area contributed by atoms with Crippen LogP contribution in [0.5, 0.6) is 0 Å². The fourth-order valence-electron chi connectivity index (χ4n) is 8.79. The molecule has 6 aromatic carbocycles. The summed E-state index contributed by atoms with van der Waals surface area (Å²) in [6.07, 6.45) is 7.28. The first-order valence-corrected chi connectivity index (χ1v) is 17.7. The first kappa shape index (κ1) is 29.8. The van der Waals surface area contributed by atoms with Crippen molar-refractivity contribution in [2.45, 2.75) is 77.0 Å². The van der Waals surface area contributed by atoms with Gasteiger partial charge in [-0.05, 0) is 117 Å². The number of hydrogen-bond acceptors (Lipinski definition) is 1. The minimum absolute atomic E-state index is 0.0533. The summed E-state index contributed by atoms with van der Waals surface area (Å²) in [7, 11) is 0. The van der Waals surface area contributed by atoms with Gasteiger partial charge in [0.15, 0.2) is 0 Å². The Labute approximate surface area is 280 Å². The minimum Gasteiger partial charge on any atom is -0.310 e. The second-order valence-corrected chi connectivity index (χ2v) is 14.3. The standard InChI is InChI=1S/C46H45N/c1-5-7-26-46(27-8-6-2)42-21-15-14-20-37(42)38-24-22-36(31-44(38)46)47(34-18-10-9-11-19-34)35-23-25-41-40(30-35)39-28-32-16-12-13-17-33(32)29-43(39)45(41,3)4/h9-25,28-31H,5-8,26-27H2,1-4H3. The number of fused-ring (bicyclic) bond motifs is 7. The van der Waals surface area contributed by atoms with Crippen molar-refractivity contribution in [3.05, 3.63) is 150 Å². The Morgan fingerprint density at radius 1 is 0.447 bits per heavy atom. The molecule has 234 valence electrons. The highest BCUT2D eigenvalue weighted by molar-refractivity contribution is 5.95. The van der Waals surface area contributed by atoms with Crippen LogP contribution in [0.25, 0.3) is 33.0 Å². The second kappa shape index (κ2) is 11.6. The molecule has 0 radical (unpaired) electrons. The van der Waals surface area contributed by atoms with Gasteiger partial charge in [0.1, 0.15) is 0 Å². The molecule has 1 nitrogen and oxygen atoms in total. The molecule has 47 heavy (non-hydrogen) atoms. The Bertz CT molecular complexity index is 2090. The molecule has 6 aromatic rings. The van der Waals surface area contributed by atoms with Gasteiger partial charge in [-0.15, -0.1) is 0 Å². The van der Waals surface area contributed by atoms with Gasteiger partial charge in [-0.3, -0.25) is 0 Å². The fourth-order valence-corrected chi connectivity index (χ4v) is 8.79. The van der Waals surface area contributed by atoms with Crippen LogP contribution in [0.3, 0.4) is 0 Å². The van der Waals surface area contributed by atoms with Gasteiger partial charge in [0.25, 0.3) is 0 Å². The van der Waals surface area contributed by atoms with Crippen LogP contribution in [0.15, 0.2) is 127 Å². The molecule has 0 saturated heterocycles. The molecular formula is C46H45N. The number of hydrogen-bond donors (Lipinski definition) is 0. The van der Waals surface area contributed by atoms with Gasteiger partial charge in [-0.1, -0.05) is 132 Å². The zero-order chi connectivity index (χ0) is 32.2. The third kappa shape index (κ3) is 4.66. The molecular weight excluding hydrogens is 567 g/mol. The van der Waals surface area contributed by atoms with Gasteiger partial charge in [0.2, 0.25) is 0 Å². The second-order valence-electron chi connectivity index (χ2n) is 14.3. The highest BCUT2D eigenvalue weighted by atomic mass is 15.1. The highest BCUT2D eigenvalue weighted by Gasteiger charge is 2.42. The lowest BCUT2D eigenvalue weighted by atomic mass is 9.71. The molecule has 0 spiro atoms. The Kier molecular flexibility index (Phi) is 7.32. The summed E-state index contributed by atoms with van der Waals surface area (Å²) < 4.78 is 0. The third-order valence-electron chi connectivity index (χ3n) is 11.2. The summed E-state index contributed by atoms with van der Waals surface area (Å²) in [5.41, 5.74) is 15.0. The molecule has 0 atom stereocenters. The maximum Gasteiger partial charge on any atom is 0.0468 e. The first-order valence-electron chi connectivity index (χ1n) is 17.7. The lowest BCUT2D eigenvalue weighted by Gasteiger charge is -2.34. The fraction of sp³-hybridized carbons (Fsp3) is 0.261. The lowest BCUT2D eigenvalue weighted by molar-refractivity contribution is 0.414. The predicted octanol–water partition coefficient (Wildman–Crippen LogP) is 13.3. The van der Waals surface area contributed by atoms with E-state index in [9.17, 15) is 0 Å². The normalized spacial score (nSPS) is 14.8. The van der Waals surface area contributed by atoms with Gasteiger partial charge >= 0.3 is 0 Å². The Hall–Kier alpha value is -4.62. The summed E-state index contributed by atoms with van der Waals surface area (Å²) in [5, 5.41) is 2.61. The Balaban J connectivity index is 1.32. The van der Waals surface area contributed by atoms with E-state index >= 15 is 0 Å². The molecule has 0 aliphatic heterocycles. The molecule has 8 rings (SSSR count). The molecule has 2 aliphatic carbocycles. The van der Waals surface area contributed by atoms with Gasteiger partial charge < -0.3 is 4.90 Å². The molecule has 0 saturated carbocycles. The molecule has 0 aromatic heterocycles. The van der Waals surface area contributed by atoms with E-state index in [1.807, 2.05) is 0 Å². The SMILES string of the molecule is CCCCC1(CCCC)c2ccccc2-c2ccc(N(c3ccccc3)c3ccc4c(c3)-c3cc5ccccc5cc3C4(C)C)cc21. The van der Waals surface area contributed by atoms with E-state index in [4.69, 9.17) is 0 Å². The number of nitrogens with zero attached hydrogens (tertiary/aromatic N) is 1. The van der Waals surface area contributed by atoms with Crippen molar-refractivity contribution in [1.82, 2.24) is 0 Å². The van der Waals surface area contributed by atoms with E-state index < -0.39 is 0 Å². The monoisotopic (exact) mass is 611 g/mol. The summed E-state index contributed by atoms with van der Waals surface area (Å²) in [5.74, 6) is 0. The van der Waals surface area contributed by atoms with E-state index in [2.05, 4.69) is 160 Å². The highest BCUT2D eigenvalue weighted by Crippen LogP contribution is 2.56. The Morgan fingerprint density at radius 3 is 1.79 bits per heavy atom. The quantitative estimate of drug-likeness (QED) is 0.157. The first-order chi connectivity index (χ1) is 23.0. The van der Waals surface area contributed by atoms with Crippen molar-refractivity contribution >= 4 is 27.8 Å². The van der Waals surface area contributed by atoms with Crippen molar-refractivity contribution < 1.29 is 0 Å². The van der Waals surface area contributed by atoms with E-state index in [1.165, 1.54) is 111 Å². The molecule has 0 unspecified atom stereocenters. The smallest absolute Gasteiger partial charge is 0.0468 e. The van der Waals surface area contributed by atoms with Crippen LogP contribution in [-0.2, 0) is 10.8 Å². The number of unbranched alkanes of at least 4 members (excludes halogenated alkanes) is 2. The van der Waals surface area contributed by atoms with Crippen LogP contribution >= 0.6 is 0 Å². The molecule has 0 fully saturated rings. The topological polar surface area (TPSA) is 3.24 Å². The summed E-state index contributed by atoms with van der Waals surface area (Å²) in [6, 6.07) is 48.3. The van der Waals surface area contributed by atoms with Gasteiger partial charge in [0, 0.05) is 27.9 Å². The molecule has 0 N–H and O–H groups in total. The van der Waals surface area contributed by atoms with Gasteiger partial charge in [-0.25, -0.2) is 0 Å². The largest absolute Gasteiger partial charge is 0.310 e. The molecule has 0 amide bonds. The number of rotatable bonds is 9. The number of benzene rings is 6. The lowest BCUT2D eigenvalue weighted by Crippen LogP contribution is -2.25.